The summed E-state index contributed by atoms with van der Waals surface area (Å²) in [5.41, 5.74) is 1.46. The van der Waals surface area contributed by atoms with Crippen molar-refractivity contribution in [3.63, 3.8) is 0 Å². The highest BCUT2D eigenvalue weighted by Crippen LogP contribution is 2.16. The van der Waals surface area contributed by atoms with Crippen molar-refractivity contribution in [1.29, 1.82) is 0 Å². The number of pyridine rings is 1. The first-order valence-electron chi connectivity index (χ1n) is 8.63. The van der Waals surface area contributed by atoms with Gasteiger partial charge < -0.3 is 10.1 Å². The average molecular weight is 378 g/mol. The van der Waals surface area contributed by atoms with E-state index < -0.39 is 17.4 Å². The number of hydrogen-bond donors (Lipinski definition) is 1. The van der Waals surface area contributed by atoms with Crippen molar-refractivity contribution in [1.82, 2.24) is 14.8 Å². The lowest BCUT2D eigenvalue weighted by atomic mass is 10.2. The van der Waals surface area contributed by atoms with Crippen LogP contribution >= 0.6 is 0 Å². The molecule has 0 spiro atoms. The zero-order chi connectivity index (χ0) is 19.9. The highest BCUT2D eigenvalue weighted by molar-refractivity contribution is 6.01. The van der Waals surface area contributed by atoms with Gasteiger partial charge in [0.25, 0.3) is 5.56 Å². The third-order valence-electron chi connectivity index (χ3n) is 3.83. The summed E-state index contributed by atoms with van der Waals surface area (Å²) in [4.78, 5) is 40.5. The summed E-state index contributed by atoms with van der Waals surface area (Å²) in [5.74, 6) is -1.02. The Balaban J connectivity index is 1.79. The summed E-state index contributed by atoms with van der Waals surface area (Å²) < 4.78 is 6.06. The molecule has 1 amide bonds. The fourth-order valence-corrected chi connectivity index (χ4v) is 2.54. The Kier molecular flexibility index (Phi) is 5.91. The maximum Gasteiger partial charge on any atom is 0.340 e. The summed E-state index contributed by atoms with van der Waals surface area (Å²) in [6.45, 7) is 1.63. The zero-order valence-corrected chi connectivity index (χ0v) is 15.2. The van der Waals surface area contributed by atoms with Gasteiger partial charge in [-0.05, 0) is 37.3 Å². The van der Waals surface area contributed by atoms with Crippen LogP contribution in [0.3, 0.4) is 0 Å². The van der Waals surface area contributed by atoms with Crippen molar-refractivity contribution < 1.29 is 14.3 Å². The lowest BCUT2D eigenvalue weighted by molar-refractivity contribution is -0.117. The molecule has 8 nitrogen and oxygen atoms in total. The van der Waals surface area contributed by atoms with E-state index in [1.54, 1.807) is 61.8 Å². The van der Waals surface area contributed by atoms with Gasteiger partial charge in [-0.15, -0.1) is 0 Å². The number of amides is 1. The van der Waals surface area contributed by atoms with Crippen molar-refractivity contribution in [2.24, 2.45) is 0 Å². The first-order valence-corrected chi connectivity index (χ1v) is 8.63. The molecule has 28 heavy (non-hydrogen) atoms. The molecule has 0 bridgehead atoms. The minimum Gasteiger partial charge on any atom is -0.462 e. The molecule has 0 radical (unpaired) electrons. The van der Waals surface area contributed by atoms with Crippen molar-refractivity contribution >= 4 is 17.6 Å². The van der Waals surface area contributed by atoms with Crippen LogP contribution in [0.5, 0.6) is 0 Å². The van der Waals surface area contributed by atoms with Gasteiger partial charge in [0, 0.05) is 24.0 Å². The fourth-order valence-electron chi connectivity index (χ4n) is 2.54. The monoisotopic (exact) mass is 378 g/mol. The van der Waals surface area contributed by atoms with Crippen LogP contribution in [0.2, 0.25) is 0 Å². The molecular weight excluding hydrogens is 360 g/mol. The number of benzene rings is 1. The molecule has 0 unspecified atom stereocenters. The van der Waals surface area contributed by atoms with Crippen LogP contribution in [-0.4, -0.2) is 33.2 Å². The number of carbonyl (C=O) groups is 2. The highest BCUT2D eigenvalue weighted by atomic mass is 16.5. The zero-order valence-electron chi connectivity index (χ0n) is 15.2. The van der Waals surface area contributed by atoms with E-state index in [9.17, 15) is 14.4 Å². The number of nitrogens with one attached hydrogen (secondary N) is 1. The molecule has 0 aliphatic carbocycles. The van der Waals surface area contributed by atoms with E-state index in [0.29, 0.717) is 11.4 Å². The Morgan fingerprint density at radius 3 is 2.57 bits per heavy atom. The lowest BCUT2D eigenvalue weighted by Gasteiger charge is -2.11. The van der Waals surface area contributed by atoms with Gasteiger partial charge in [-0.1, -0.05) is 12.1 Å². The minimum atomic E-state index is -0.534. The van der Waals surface area contributed by atoms with Crippen molar-refractivity contribution in [3.8, 4) is 11.3 Å². The van der Waals surface area contributed by atoms with Gasteiger partial charge in [-0.25, -0.2) is 9.48 Å². The van der Waals surface area contributed by atoms with Crippen LogP contribution in [0.4, 0.5) is 5.69 Å². The molecule has 8 heteroatoms. The maximum absolute atomic E-state index is 12.4. The molecule has 3 rings (SSSR count). The number of rotatable bonds is 6. The molecule has 0 aliphatic heterocycles. The Labute approximate surface area is 160 Å². The summed E-state index contributed by atoms with van der Waals surface area (Å²) in [6, 6.07) is 13.0. The van der Waals surface area contributed by atoms with Crippen LogP contribution in [-0.2, 0) is 16.1 Å². The summed E-state index contributed by atoms with van der Waals surface area (Å²) in [5, 5.41) is 6.87. The van der Waals surface area contributed by atoms with Crippen molar-refractivity contribution in [3.05, 3.63) is 76.8 Å². The number of aromatic nitrogens is 3. The second-order valence-electron chi connectivity index (χ2n) is 5.76. The number of ether oxygens (including phenoxy) is 1. The van der Waals surface area contributed by atoms with Crippen LogP contribution in [0.1, 0.15) is 17.3 Å². The van der Waals surface area contributed by atoms with Gasteiger partial charge in [0.2, 0.25) is 5.91 Å². The number of esters is 1. The van der Waals surface area contributed by atoms with E-state index in [0.717, 1.165) is 10.2 Å². The van der Waals surface area contributed by atoms with Crippen LogP contribution in [0.25, 0.3) is 11.3 Å². The second kappa shape index (κ2) is 8.72. The van der Waals surface area contributed by atoms with Crippen molar-refractivity contribution in [2.75, 3.05) is 11.9 Å². The first kappa shape index (κ1) is 19.0. The highest BCUT2D eigenvalue weighted by Gasteiger charge is 2.15. The third-order valence-corrected chi connectivity index (χ3v) is 3.83. The standard InChI is InChI=1S/C20H18N4O4/c1-2-28-20(27)15-5-3-4-6-17(15)22-18(25)13-24-19(26)8-7-16(23-24)14-9-11-21-12-10-14/h3-12H,2,13H2,1H3,(H,22,25). The predicted octanol–water partition coefficient (Wildman–Crippen LogP) is 2.12. The van der Waals surface area contributed by atoms with E-state index in [1.165, 1.54) is 6.07 Å². The molecule has 0 fully saturated rings. The number of anilines is 1. The number of nitrogens with zero attached hydrogens (tertiary/aromatic N) is 3. The Morgan fingerprint density at radius 1 is 1.07 bits per heavy atom. The first-order chi connectivity index (χ1) is 13.6. The molecule has 1 aromatic carbocycles. The van der Waals surface area contributed by atoms with Gasteiger partial charge in [-0.2, -0.15) is 5.10 Å². The number of hydrogen-bond acceptors (Lipinski definition) is 6. The Bertz CT molecular complexity index is 1050. The number of carbonyl (C=O) groups excluding carboxylic acids is 2. The molecule has 2 heterocycles. The molecule has 0 atom stereocenters. The predicted molar refractivity (Wildman–Crippen MR) is 103 cm³/mol. The SMILES string of the molecule is CCOC(=O)c1ccccc1NC(=O)Cn1nc(-c2ccncc2)ccc1=O. The maximum atomic E-state index is 12.4. The minimum absolute atomic E-state index is 0.224. The molecule has 1 N–H and O–H groups in total. The van der Waals surface area contributed by atoms with E-state index in [2.05, 4.69) is 15.4 Å². The van der Waals surface area contributed by atoms with E-state index in [1.807, 2.05) is 0 Å². The molecule has 0 saturated carbocycles. The summed E-state index contributed by atoms with van der Waals surface area (Å²) in [6.07, 6.45) is 3.23. The van der Waals surface area contributed by atoms with Crippen LogP contribution in [0, 0.1) is 0 Å². The topological polar surface area (TPSA) is 103 Å². The van der Waals surface area contributed by atoms with Crippen LogP contribution < -0.4 is 10.9 Å². The van der Waals surface area contributed by atoms with Gasteiger partial charge in [0.15, 0.2) is 0 Å². The molecular formula is C20H18N4O4. The third kappa shape index (κ3) is 4.47. The van der Waals surface area contributed by atoms with E-state index >= 15 is 0 Å². The van der Waals surface area contributed by atoms with Crippen LogP contribution in [0.15, 0.2) is 65.7 Å². The molecule has 0 aliphatic rings. The largest absolute Gasteiger partial charge is 0.462 e. The lowest BCUT2D eigenvalue weighted by Crippen LogP contribution is -2.29. The van der Waals surface area contributed by atoms with Gasteiger partial charge in [0.1, 0.15) is 6.54 Å². The number of para-hydroxylation sites is 1. The normalized spacial score (nSPS) is 10.3. The quantitative estimate of drug-likeness (QED) is 0.659. The molecule has 0 saturated heterocycles. The van der Waals surface area contributed by atoms with E-state index in [4.69, 9.17) is 4.74 Å². The Morgan fingerprint density at radius 2 is 1.82 bits per heavy atom. The second-order valence-corrected chi connectivity index (χ2v) is 5.76. The fraction of sp³-hybridized carbons (Fsp3) is 0.150. The molecule has 2 aromatic heterocycles. The van der Waals surface area contributed by atoms with Gasteiger partial charge in [0.05, 0.1) is 23.6 Å². The summed E-state index contributed by atoms with van der Waals surface area (Å²) in [7, 11) is 0. The molecule has 142 valence electrons. The van der Waals surface area contributed by atoms with E-state index in [-0.39, 0.29) is 18.7 Å². The molecule has 3 aromatic rings. The average Bonchev–Trinajstić information content (AvgIpc) is 2.71. The Hall–Kier alpha value is -3.81. The van der Waals surface area contributed by atoms with Gasteiger partial charge in [-0.3, -0.25) is 14.6 Å². The summed E-state index contributed by atoms with van der Waals surface area (Å²) >= 11 is 0. The van der Waals surface area contributed by atoms with Gasteiger partial charge >= 0.3 is 5.97 Å². The smallest absolute Gasteiger partial charge is 0.340 e. The van der Waals surface area contributed by atoms with Crippen molar-refractivity contribution in [2.45, 2.75) is 13.5 Å².